The molecule has 2 aromatic carbocycles. The number of nitrogens with one attached hydrogen (secondary N) is 1. The van der Waals surface area contributed by atoms with Gasteiger partial charge < -0.3 is 14.6 Å². The summed E-state index contributed by atoms with van der Waals surface area (Å²) in [5.74, 6) is 1.55. The van der Waals surface area contributed by atoms with Crippen LogP contribution in [0, 0.1) is 5.82 Å². The second-order valence-electron chi connectivity index (χ2n) is 5.30. The molecule has 0 atom stereocenters. The summed E-state index contributed by atoms with van der Waals surface area (Å²) in [4.78, 5) is 16.2. The van der Waals surface area contributed by atoms with Crippen LogP contribution in [0.25, 0.3) is 11.4 Å². The SMILES string of the molecule is COc1cccc(-c2noc(CSCC(=O)Nc3cccc(F)c3)n2)c1. The van der Waals surface area contributed by atoms with E-state index in [-0.39, 0.29) is 11.7 Å². The van der Waals surface area contributed by atoms with Gasteiger partial charge >= 0.3 is 0 Å². The lowest BCUT2D eigenvalue weighted by Crippen LogP contribution is -2.14. The number of thioether (sulfide) groups is 1. The zero-order chi connectivity index (χ0) is 18.4. The van der Waals surface area contributed by atoms with Crippen LogP contribution in [-0.4, -0.2) is 28.9 Å². The lowest BCUT2D eigenvalue weighted by Gasteiger charge is -2.04. The van der Waals surface area contributed by atoms with Gasteiger partial charge in [0.2, 0.25) is 17.6 Å². The molecule has 0 fully saturated rings. The second-order valence-corrected chi connectivity index (χ2v) is 6.28. The van der Waals surface area contributed by atoms with Crippen molar-refractivity contribution in [2.45, 2.75) is 5.75 Å². The zero-order valence-electron chi connectivity index (χ0n) is 13.9. The minimum Gasteiger partial charge on any atom is -0.497 e. The molecular formula is C18H16FN3O3S. The quantitative estimate of drug-likeness (QED) is 0.680. The Morgan fingerprint density at radius 3 is 2.92 bits per heavy atom. The Bertz CT molecular complexity index is 901. The van der Waals surface area contributed by atoms with E-state index in [1.54, 1.807) is 13.2 Å². The van der Waals surface area contributed by atoms with Gasteiger partial charge in [-0.3, -0.25) is 4.79 Å². The summed E-state index contributed by atoms with van der Waals surface area (Å²) in [5.41, 5.74) is 1.21. The second kappa shape index (κ2) is 8.48. The highest BCUT2D eigenvalue weighted by Gasteiger charge is 2.11. The first-order chi connectivity index (χ1) is 12.6. The summed E-state index contributed by atoms with van der Waals surface area (Å²) < 4.78 is 23.5. The molecule has 1 N–H and O–H groups in total. The fourth-order valence-electron chi connectivity index (χ4n) is 2.19. The molecule has 3 aromatic rings. The standard InChI is InChI=1S/C18H16FN3O3S/c1-24-15-7-2-4-12(8-15)18-21-17(25-22-18)11-26-10-16(23)20-14-6-3-5-13(19)9-14/h2-9H,10-11H2,1H3,(H,20,23). The van der Waals surface area contributed by atoms with Gasteiger partial charge in [0.25, 0.3) is 0 Å². The number of hydrogen-bond donors (Lipinski definition) is 1. The predicted octanol–water partition coefficient (Wildman–Crippen LogP) is 3.76. The Labute approximate surface area is 153 Å². The first-order valence-electron chi connectivity index (χ1n) is 7.74. The highest BCUT2D eigenvalue weighted by molar-refractivity contribution is 7.99. The van der Waals surface area contributed by atoms with E-state index >= 15 is 0 Å². The molecule has 3 rings (SSSR count). The molecule has 0 aliphatic rings. The van der Waals surface area contributed by atoms with Crippen LogP contribution in [0.3, 0.4) is 0 Å². The van der Waals surface area contributed by atoms with Crippen molar-refractivity contribution in [3.63, 3.8) is 0 Å². The largest absolute Gasteiger partial charge is 0.497 e. The molecule has 0 radical (unpaired) electrons. The fourth-order valence-corrected chi connectivity index (χ4v) is 2.84. The summed E-state index contributed by atoms with van der Waals surface area (Å²) in [6.45, 7) is 0. The summed E-state index contributed by atoms with van der Waals surface area (Å²) in [7, 11) is 1.59. The van der Waals surface area contributed by atoms with Crippen molar-refractivity contribution >= 4 is 23.4 Å². The first-order valence-corrected chi connectivity index (χ1v) is 8.89. The van der Waals surface area contributed by atoms with Crippen LogP contribution in [0.5, 0.6) is 5.75 Å². The van der Waals surface area contributed by atoms with Gasteiger partial charge in [0.15, 0.2) is 0 Å². The van der Waals surface area contributed by atoms with Crippen molar-refractivity contribution in [1.82, 2.24) is 10.1 Å². The summed E-state index contributed by atoms with van der Waals surface area (Å²) in [5, 5.41) is 6.57. The number of methoxy groups -OCH3 is 1. The monoisotopic (exact) mass is 373 g/mol. The van der Waals surface area contributed by atoms with Crippen molar-refractivity contribution in [2.24, 2.45) is 0 Å². The summed E-state index contributed by atoms with van der Waals surface area (Å²) in [6.07, 6.45) is 0. The smallest absolute Gasteiger partial charge is 0.236 e. The van der Waals surface area contributed by atoms with E-state index in [1.807, 2.05) is 24.3 Å². The van der Waals surface area contributed by atoms with Crippen LogP contribution >= 0.6 is 11.8 Å². The van der Waals surface area contributed by atoms with E-state index in [2.05, 4.69) is 15.5 Å². The maximum absolute atomic E-state index is 13.1. The molecular weight excluding hydrogens is 357 g/mol. The third-order valence-corrected chi connectivity index (χ3v) is 4.28. The van der Waals surface area contributed by atoms with Gasteiger partial charge in [-0.15, -0.1) is 11.8 Å². The Balaban J connectivity index is 1.51. The number of aromatic nitrogens is 2. The van der Waals surface area contributed by atoms with Gasteiger partial charge in [0.1, 0.15) is 11.6 Å². The summed E-state index contributed by atoms with van der Waals surface area (Å²) in [6, 6.07) is 13.1. The maximum Gasteiger partial charge on any atom is 0.236 e. The van der Waals surface area contributed by atoms with Crippen molar-refractivity contribution in [2.75, 3.05) is 18.2 Å². The van der Waals surface area contributed by atoms with E-state index in [1.165, 1.54) is 30.0 Å². The Kier molecular flexibility index (Phi) is 5.85. The van der Waals surface area contributed by atoms with Crippen molar-refractivity contribution in [3.8, 4) is 17.1 Å². The lowest BCUT2D eigenvalue weighted by molar-refractivity contribution is -0.113. The average Bonchev–Trinajstić information content (AvgIpc) is 3.11. The number of amides is 1. The van der Waals surface area contributed by atoms with Crippen LogP contribution in [0.4, 0.5) is 10.1 Å². The minimum absolute atomic E-state index is 0.188. The molecule has 0 aliphatic carbocycles. The molecule has 0 bridgehead atoms. The Hall–Kier alpha value is -2.87. The zero-order valence-corrected chi connectivity index (χ0v) is 14.8. The molecule has 0 spiro atoms. The molecule has 0 saturated carbocycles. The molecule has 1 aromatic heterocycles. The number of benzene rings is 2. The lowest BCUT2D eigenvalue weighted by atomic mass is 10.2. The van der Waals surface area contributed by atoms with Gasteiger partial charge in [-0.25, -0.2) is 4.39 Å². The molecule has 1 heterocycles. The average molecular weight is 373 g/mol. The van der Waals surface area contributed by atoms with E-state index in [0.717, 1.165) is 5.56 Å². The van der Waals surface area contributed by atoms with Crippen LogP contribution in [0.2, 0.25) is 0 Å². The number of ether oxygens (including phenoxy) is 1. The number of nitrogens with zero attached hydrogens (tertiary/aromatic N) is 2. The van der Waals surface area contributed by atoms with Crippen LogP contribution < -0.4 is 10.1 Å². The van der Waals surface area contributed by atoms with Crippen LogP contribution in [0.1, 0.15) is 5.89 Å². The van der Waals surface area contributed by atoms with Crippen LogP contribution in [-0.2, 0) is 10.5 Å². The number of carbonyl (C=O) groups excluding carboxylic acids is 1. The Morgan fingerprint density at radius 1 is 1.27 bits per heavy atom. The highest BCUT2D eigenvalue weighted by atomic mass is 32.2. The third kappa shape index (κ3) is 4.82. The molecule has 26 heavy (non-hydrogen) atoms. The molecule has 8 heteroatoms. The minimum atomic E-state index is -0.397. The Morgan fingerprint density at radius 2 is 2.12 bits per heavy atom. The van der Waals surface area contributed by atoms with Gasteiger partial charge in [-0.2, -0.15) is 4.98 Å². The first kappa shape index (κ1) is 17.9. The van der Waals surface area contributed by atoms with Gasteiger partial charge in [0.05, 0.1) is 18.6 Å². The number of anilines is 1. The van der Waals surface area contributed by atoms with Gasteiger partial charge in [-0.1, -0.05) is 23.4 Å². The molecule has 134 valence electrons. The molecule has 0 saturated heterocycles. The van der Waals surface area contributed by atoms with Crippen molar-refractivity contribution < 1.29 is 18.4 Å². The van der Waals surface area contributed by atoms with Gasteiger partial charge in [-0.05, 0) is 30.3 Å². The topological polar surface area (TPSA) is 77.2 Å². The summed E-state index contributed by atoms with van der Waals surface area (Å²) >= 11 is 1.33. The normalized spacial score (nSPS) is 10.5. The van der Waals surface area contributed by atoms with E-state index in [9.17, 15) is 9.18 Å². The van der Waals surface area contributed by atoms with Crippen LogP contribution in [0.15, 0.2) is 53.1 Å². The van der Waals surface area contributed by atoms with E-state index in [4.69, 9.17) is 9.26 Å². The van der Waals surface area contributed by atoms with E-state index in [0.29, 0.717) is 28.9 Å². The molecule has 1 amide bonds. The number of halogens is 1. The van der Waals surface area contributed by atoms with Crippen molar-refractivity contribution in [1.29, 1.82) is 0 Å². The maximum atomic E-state index is 13.1. The van der Waals surface area contributed by atoms with E-state index < -0.39 is 5.82 Å². The predicted molar refractivity (Wildman–Crippen MR) is 97.5 cm³/mol. The highest BCUT2D eigenvalue weighted by Crippen LogP contribution is 2.22. The molecule has 6 nitrogen and oxygen atoms in total. The fraction of sp³-hybridized carbons (Fsp3) is 0.167. The number of hydrogen-bond acceptors (Lipinski definition) is 6. The molecule has 0 aliphatic heterocycles. The molecule has 0 unspecified atom stereocenters. The number of rotatable bonds is 7. The number of carbonyl (C=O) groups is 1. The third-order valence-electron chi connectivity index (χ3n) is 3.36. The van der Waals surface area contributed by atoms with Crippen molar-refractivity contribution in [3.05, 3.63) is 60.2 Å². The van der Waals surface area contributed by atoms with Gasteiger partial charge in [0, 0.05) is 11.3 Å².